The second-order valence-corrected chi connectivity index (χ2v) is 5.13. The molecular weight excluding hydrogens is 256 g/mol. The first-order valence-corrected chi connectivity index (χ1v) is 6.90. The maximum Gasteiger partial charge on any atom is 0.319 e. The quantitative estimate of drug-likeness (QED) is 0.893. The van der Waals surface area contributed by atoms with Gasteiger partial charge < -0.3 is 20.1 Å². The van der Waals surface area contributed by atoms with Crippen molar-refractivity contribution in [1.29, 1.82) is 0 Å². The number of amides is 2. The van der Waals surface area contributed by atoms with Crippen molar-refractivity contribution in [2.75, 3.05) is 25.6 Å². The Hall–Kier alpha value is -1.75. The zero-order chi connectivity index (χ0) is 14.5. The van der Waals surface area contributed by atoms with Crippen molar-refractivity contribution < 1.29 is 14.3 Å². The molecule has 1 saturated heterocycles. The molecule has 0 radical (unpaired) electrons. The average molecular weight is 278 g/mol. The predicted molar refractivity (Wildman–Crippen MR) is 78.5 cm³/mol. The number of nitrogens with one attached hydrogen (secondary N) is 2. The Morgan fingerprint density at radius 3 is 2.40 bits per heavy atom. The Bertz CT molecular complexity index is 459. The van der Waals surface area contributed by atoms with Gasteiger partial charge in [-0.15, -0.1) is 0 Å². The van der Waals surface area contributed by atoms with E-state index in [1.807, 2.05) is 26.0 Å². The molecule has 0 aliphatic carbocycles. The number of anilines is 1. The summed E-state index contributed by atoms with van der Waals surface area (Å²) >= 11 is 0. The van der Waals surface area contributed by atoms with E-state index in [0.717, 1.165) is 35.4 Å². The molecule has 5 heteroatoms. The van der Waals surface area contributed by atoms with Gasteiger partial charge in [-0.25, -0.2) is 4.79 Å². The number of ether oxygens (including phenoxy) is 2. The maximum absolute atomic E-state index is 12.0. The Kier molecular flexibility index (Phi) is 4.84. The summed E-state index contributed by atoms with van der Waals surface area (Å²) in [6.07, 6.45) is 1.74. The lowest BCUT2D eigenvalue weighted by Gasteiger charge is -2.23. The molecule has 1 aromatic rings. The molecule has 5 nitrogen and oxygen atoms in total. The van der Waals surface area contributed by atoms with E-state index < -0.39 is 0 Å². The highest BCUT2D eigenvalue weighted by atomic mass is 16.5. The highest BCUT2D eigenvalue weighted by Crippen LogP contribution is 2.26. The second kappa shape index (κ2) is 6.61. The maximum atomic E-state index is 12.0. The Balaban J connectivity index is 1.97. The van der Waals surface area contributed by atoms with Crippen molar-refractivity contribution in [3.8, 4) is 5.75 Å². The fourth-order valence-corrected chi connectivity index (χ4v) is 2.54. The number of hydrogen-bond donors (Lipinski definition) is 2. The molecule has 1 aliphatic rings. The summed E-state index contributed by atoms with van der Waals surface area (Å²) in [6.45, 7) is 5.36. The van der Waals surface area contributed by atoms with Gasteiger partial charge in [-0.1, -0.05) is 0 Å². The van der Waals surface area contributed by atoms with Crippen LogP contribution in [0.15, 0.2) is 12.1 Å². The highest BCUT2D eigenvalue weighted by Gasteiger charge is 2.16. The number of urea groups is 1. The van der Waals surface area contributed by atoms with E-state index in [9.17, 15) is 4.79 Å². The SMILES string of the molecule is COc1c(C)cc(NC(=O)NC2CCOCC2)cc1C. The normalized spacial score (nSPS) is 15.8. The third-order valence-corrected chi connectivity index (χ3v) is 3.48. The third-order valence-electron chi connectivity index (χ3n) is 3.48. The van der Waals surface area contributed by atoms with Crippen LogP contribution in [0, 0.1) is 13.8 Å². The lowest BCUT2D eigenvalue weighted by Crippen LogP contribution is -2.41. The second-order valence-electron chi connectivity index (χ2n) is 5.13. The minimum absolute atomic E-state index is 0.166. The zero-order valence-electron chi connectivity index (χ0n) is 12.3. The van der Waals surface area contributed by atoms with Crippen LogP contribution in [-0.4, -0.2) is 32.4 Å². The first kappa shape index (κ1) is 14.7. The molecule has 110 valence electrons. The van der Waals surface area contributed by atoms with Crippen molar-refractivity contribution >= 4 is 11.7 Å². The molecule has 0 spiro atoms. The molecule has 1 aromatic carbocycles. The lowest BCUT2D eigenvalue weighted by atomic mass is 10.1. The van der Waals surface area contributed by atoms with Crippen molar-refractivity contribution in [2.24, 2.45) is 0 Å². The van der Waals surface area contributed by atoms with Gasteiger partial charge in [0.25, 0.3) is 0 Å². The van der Waals surface area contributed by atoms with Gasteiger partial charge in [0.1, 0.15) is 5.75 Å². The van der Waals surface area contributed by atoms with Crippen LogP contribution < -0.4 is 15.4 Å². The molecule has 20 heavy (non-hydrogen) atoms. The Morgan fingerprint density at radius 2 is 1.85 bits per heavy atom. The van der Waals surface area contributed by atoms with Gasteiger partial charge in [0.15, 0.2) is 0 Å². The lowest BCUT2D eigenvalue weighted by molar-refractivity contribution is 0.0806. The van der Waals surface area contributed by atoms with Gasteiger partial charge in [0.2, 0.25) is 0 Å². The number of carbonyl (C=O) groups excluding carboxylic acids is 1. The minimum atomic E-state index is -0.166. The van der Waals surface area contributed by atoms with E-state index in [2.05, 4.69) is 10.6 Å². The van der Waals surface area contributed by atoms with E-state index in [4.69, 9.17) is 9.47 Å². The fraction of sp³-hybridized carbons (Fsp3) is 0.533. The van der Waals surface area contributed by atoms with E-state index in [1.54, 1.807) is 7.11 Å². The van der Waals surface area contributed by atoms with E-state index in [0.29, 0.717) is 13.2 Å². The highest BCUT2D eigenvalue weighted by molar-refractivity contribution is 5.89. The van der Waals surface area contributed by atoms with Gasteiger partial charge >= 0.3 is 6.03 Å². The molecule has 0 saturated carbocycles. The number of methoxy groups -OCH3 is 1. The summed E-state index contributed by atoms with van der Waals surface area (Å²) in [4.78, 5) is 12.0. The molecule has 0 atom stereocenters. The molecule has 0 unspecified atom stereocenters. The monoisotopic (exact) mass is 278 g/mol. The number of carbonyl (C=O) groups is 1. The average Bonchev–Trinajstić information content (AvgIpc) is 2.39. The minimum Gasteiger partial charge on any atom is -0.496 e. The van der Waals surface area contributed by atoms with Crippen LogP contribution in [0.3, 0.4) is 0 Å². The topological polar surface area (TPSA) is 59.6 Å². The van der Waals surface area contributed by atoms with Gasteiger partial charge in [-0.2, -0.15) is 0 Å². The molecule has 1 aliphatic heterocycles. The smallest absolute Gasteiger partial charge is 0.319 e. The number of aryl methyl sites for hydroxylation is 2. The standard InChI is InChI=1S/C15H22N2O3/c1-10-8-13(9-11(2)14(10)19-3)17-15(18)16-12-4-6-20-7-5-12/h8-9,12H,4-7H2,1-3H3,(H2,16,17,18). The summed E-state index contributed by atoms with van der Waals surface area (Å²) in [5, 5.41) is 5.85. The van der Waals surface area contributed by atoms with Crippen LogP contribution in [-0.2, 0) is 4.74 Å². The Morgan fingerprint density at radius 1 is 1.25 bits per heavy atom. The summed E-state index contributed by atoms with van der Waals surface area (Å²) in [6, 6.07) is 3.86. The van der Waals surface area contributed by atoms with Crippen molar-refractivity contribution in [2.45, 2.75) is 32.7 Å². The summed E-state index contributed by atoms with van der Waals surface area (Å²) in [5.74, 6) is 0.861. The summed E-state index contributed by atoms with van der Waals surface area (Å²) in [7, 11) is 1.65. The molecule has 1 heterocycles. The largest absolute Gasteiger partial charge is 0.496 e. The fourth-order valence-electron chi connectivity index (χ4n) is 2.54. The van der Waals surface area contributed by atoms with Crippen LogP contribution in [0.4, 0.5) is 10.5 Å². The first-order valence-electron chi connectivity index (χ1n) is 6.90. The van der Waals surface area contributed by atoms with Gasteiger partial charge in [0.05, 0.1) is 7.11 Å². The van der Waals surface area contributed by atoms with Gasteiger partial charge in [-0.3, -0.25) is 0 Å². The summed E-state index contributed by atoms with van der Waals surface area (Å²) < 4.78 is 10.6. The summed E-state index contributed by atoms with van der Waals surface area (Å²) in [5.41, 5.74) is 2.80. The molecule has 2 N–H and O–H groups in total. The van der Waals surface area contributed by atoms with Crippen LogP contribution in [0.1, 0.15) is 24.0 Å². The molecule has 1 fully saturated rings. The van der Waals surface area contributed by atoms with E-state index in [-0.39, 0.29) is 12.1 Å². The van der Waals surface area contributed by atoms with Gasteiger partial charge in [-0.05, 0) is 49.9 Å². The number of benzene rings is 1. The van der Waals surface area contributed by atoms with Crippen LogP contribution in [0.5, 0.6) is 5.75 Å². The van der Waals surface area contributed by atoms with Crippen molar-refractivity contribution in [1.82, 2.24) is 5.32 Å². The first-order chi connectivity index (χ1) is 9.60. The number of rotatable bonds is 3. The van der Waals surface area contributed by atoms with E-state index >= 15 is 0 Å². The molecule has 2 amide bonds. The predicted octanol–water partition coefficient (Wildman–Crippen LogP) is 2.61. The zero-order valence-corrected chi connectivity index (χ0v) is 12.3. The van der Waals surface area contributed by atoms with Crippen LogP contribution >= 0.6 is 0 Å². The number of hydrogen-bond acceptors (Lipinski definition) is 3. The van der Waals surface area contributed by atoms with Crippen LogP contribution in [0.25, 0.3) is 0 Å². The van der Waals surface area contributed by atoms with Crippen molar-refractivity contribution in [3.05, 3.63) is 23.3 Å². The molecule has 0 aromatic heterocycles. The van der Waals surface area contributed by atoms with E-state index in [1.165, 1.54) is 0 Å². The molecular formula is C15H22N2O3. The van der Waals surface area contributed by atoms with Crippen LogP contribution in [0.2, 0.25) is 0 Å². The molecule has 2 rings (SSSR count). The van der Waals surface area contributed by atoms with Gasteiger partial charge in [0, 0.05) is 24.9 Å². The van der Waals surface area contributed by atoms with Crippen molar-refractivity contribution in [3.63, 3.8) is 0 Å². The third kappa shape index (κ3) is 3.63. The molecule has 0 bridgehead atoms. The Labute approximate surface area is 119 Å².